The molecule has 0 bridgehead atoms. The average molecular weight is 219 g/mol. The SMILES string of the molecule is CC1(C)NC(=O)C(c2ccccc2)OC1=O. The van der Waals surface area contributed by atoms with Crippen molar-refractivity contribution in [3.8, 4) is 0 Å². The molecule has 1 unspecified atom stereocenters. The van der Waals surface area contributed by atoms with Gasteiger partial charge in [-0.3, -0.25) is 4.79 Å². The first-order chi connectivity index (χ1) is 7.50. The van der Waals surface area contributed by atoms with Gasteiger partial charge in [0.2, 0.25) is 6.10 Å². The lowest BCUT2D eigenvalue weighted by atomic mass is 10.00. The lowest BCUT2D eigenvalue weighted by Gasteiger charge is -2.33. The van der Waals surface area contributed by atoms with Gasteiger partial charge in [0.25, 0.3) is 5.91 Å². The number of ether oxygens (including phenoxy) is 1. The van der Waals surface area contributed by atoms with Crippen LogP contribution in [-0.4, -0.2) is 17.4 Å². The van der Waals surface area contributed by atoms with Crippen LogP contribution in [0.5, 0.6) is 0 Å². The Labute approximate surface area is 93.6 Å². The number of carbonyl (C=O) groups excluding carboxylic acids is 2. The molecule has 1 heterocycles. The van der Waals surface area contributed by atoms with Gasteiger partial charge in [0, 0.05) is 5.56 Å². The minimum atomic E-state index is -0.942. The number of rotatable bonds is 1. The van der Waals surface area contributed by atoms with Crippen LogP contribution >= 0.6 is 0 Å². The summed E-state index contributed by atoms with van der Waals surface area (Å²) >= 11 is 0. The Morgan fingerprint density at radius 1 is 1.19 bits per heavy atom. The lowest BCUT2D eigenvalue weighted by molar-refractivity contribution is -0.171. The third-order valence-electron chi connectivity index (χ3n) is 2.51. The van der Waals surface area contributed by atoms with E-state index in [0.717, 1.165) is 0 Å². The molecule has 0 aliphatic carbocycles. The van der Waals surface area contributed by atoms with Crippen molar-refractivity contribution in [3.05, 3.63) is 35.9 Å². The van der Waals surface area contributed by atoms with E-state index in [1.807, 2.05) is 6.07 Å². The molecule has 1 fully saturated rings. The second kappa shape index (κ2) is 3.63. The van der Waals surface area contributed by atoms with E-state index in [4.69, 9.17) is 4.74 Å². The van der Waals surface area contributed by atoms with E-state index in [2.05, 4.69) is 5.32 Å². The van der Waals surface area contributed by atoms with Crippen molar-refractivity contribution in [2.45, 2.75) is 25.5 Å². The number of morpholine rings is 1. The molecule has 1 aliphatic heterocycles. The summed E-state index contributed by atoms with van der Waals surface area (Å²) in [5, 5.41) is 2.64. The van der Waals surface area contributed by atoms with Crippen LogP contribution in [0.4, 0.5) is 0 Å². The van der Waals surface area contributed by atoms with Crippen LogP contribution in [-0.2, 0) is 14.3 Å². The summed E-state index contributed by atoms with van der Waals surface area (Å²) in [4.78, 5) is 23.4. The fraction of sp³-hybridized carbons (Fsp3) is 0.333. The van der Waals surface area contributed by atoms with E-state index in [9.17, 15) is 9.59 Å². The minimum Gasteiger partial charge on any atom is -0.446 e. The molecule has 1 aliphatic rings. The molecular weight excluding hydrogens is 206 g/mol. The average Bonchev–Trinajstić information content (AvgIpc) is 2.24. The topological polar surface area (TPSA) is 55.4 Å². The molecule has 16 heavy (non-hydrogen) atoms. The Balaban J connectivity index is 2.26. The molecule has 0 saturated carbocycles. The van der Waals surface area contributed by atoms with E-state index in [1.54, 1.807) is 38.1 Å². The number of hydrogen-bond acceptors (Lipinski definition) is 3. The third-order valence-corrected chi connectivity index (χ3v) is 2.51. The van der Waals surface area contributed by atoms with Crippen molar-refractivity contribution < 1.29 is 14.3 Å². The van der Waals surface area contributed by atoms with Crippen LogP contribution in [0.1, 0.15) is 25.5 Å². The third kappa shape index (κ3) is 1.78. The number of esters is 1. The van der Waals surface area contributed by atoms with Crippen molar-refractivity contribution in [1.82, 2.24) is 5.32 Å². The van der Waals surface area contributed by atoms with E-state index < -0.39 is 17.6 Å². The zero-order valence-corrected chi connectivity index (χ0v) is 9.19. The number of cyclic esters (lactones) is 1. The maximum Gasteiger partial charge on any atom is 0.332 e. The monoisotopic (exact) mass is 219 g/mol. The van der Waals surface area contributed by atoms with Crippen LogP contribution in [0.25, 0.3) is 0 Å². The first-order valence-corrected chi connectivity index (χ1v) is 5.09. The zero-order chi connectivity index (χ0) is 11.8. The van der Waals surface area contributed by atoms with Crippen molar-refractivity contribution in [2.24, 2.45) is 0 Å². The number of amides is 1. The van der Waals surface area contributed by atoms with Gasteiger partial charge in [-0.25, -0.2) is 4.79 Å². The first-order valence-electron chi connectivity index (χ1n) is 5.09. The highest BCUT2D eigenvalue weighted by atomic mass is 16.6. The molecule has 1 saturated heterocycles. The van der Waals surface area contributed by atoms with Gasteiger partial charge in [-0.1, -0.05) is 30.3 Å². The largest absolute Gasteiger partial charge is 0.446 e. The number of benzene rings is 1. The van der Waals surface area contributed by atoms with E-state index >= 15 is 0 Å². The molecule has 1 amide bonds. The fourth-order valence-corrected chi connectivity index (χ4v) is 1.58. The summed E-state index contributed by atoms with van der Waals surface area (Å²) in [6.45, 7) is 3.24. The normalized spacial score (nSPS) is 23.5. The predicted molar refractivity (Wildman–Crippen MR) is 57.5 cm³/mol. The summed E-state index contributed by atoms with van der Waals surface area (Å²) < 4.78 is 5.15. The maximum atomic E-state index is 11.8. The molecule has 0 spiro atoms. The molecule has 1 aromatic carbocycles. The van der Waals surface area contributed by atoms with Gasteiger partial charge in [-0.05, 0) is 13.8 Å². The van der Waals surface area contributed by atoms with Crippen molar-refractivity contribution in [2.75, 3.05) is 0 Å². The molecular formula is C12H13NO3. The fourth-order valence-electron chi connectivity index (χ4n) is 1.58. The highest BCUT2D eigenvalue weighted by Crippen LogP contribution is 2.25. The molecule has 1 N–H and O–H groups in total. The first kappa shape index (κ1) is 10.7. The quantitative estimate of drug-likeness (QED) is 0.721. The molecule has 0 radical (unpaired) electrons. The van der Waals surface area contributed by atoms with Crippen molar-refractivity contribution >= 4 is 11.9 Å². The van der Waals surface area contributed by atoms with Gasteiger partial charge in [-0.2, -0.15) is 0 Å². The highest BCUT2D eigenvalue weighted by molar-refractivity contribution is 5.95. The molecule has 1 aromatic rings. The van der Waals surface area contributed by atoms with Crippen molar-refractivity contribution in [1.29, 1.82) is 0 Å². The number of carbonyl (C=O) groups is 2. The molecule has 0 aromatic heterocycles. The van der Waals surface area contributed by atoms with Crippen LogP contribution in [0, 0.1) is 0 Å². The molecule has 1 atom stereocenters. The zero-order valence-electron chi connectivity index (χ0n) is 9.19. The second-order valence-corrected chi connectivity index (χ2v) is 4.31. The summed E-state index contributed by atoms with van der Waals surface area (Å²) in [6.07, 6.45) is -0.832. The summed E-state index contributed by atoms with van der Waals surface area (Å²) in [5.74, 6) is -0.697. The standard InChI is InChI=1S/C12H13NO3/c1-12(2)11(15)16-9(10(14)13-12)8-6-4-3-5-7-8/h3-7,9H,1-2H3,(H,13,14). The summed E-state index contributed by atoms with van der Waals surface area (Å²) in [5.41, 5.74) is -0.258. The minimum absolute atomic E-state index is 0.282. The van der Waals surface area contributed by atoms with Gasteiger partial charge in [0.1, 0.15) is 5.54 Å². The molecule has 2 rings (SSSR count). The van der Waals surface area contributed by atoms with Crippen LogP contribution in [0.3, 0.4) is 0 Å². The second-order valence-electron chi connectivity index (χ2n) is 4.31. The van der Waals surface area contributed by atoms with Gasteiger partial charge < -0.3 is 10.1 Å². The van der Waals surface area contributed by atoms with Crippen LogP contribution in [0.15, 0.2) is 30.3 Å². The Morgan fingerprint density at radius 2 is 1.81 bits per heavy atom. The van der Waals surface area contributed by atoms with E-state index in [0.29, 0.717) is 5.56 Å². The lowest BCUT2D eigenvalue weighted by Crippen LogP contribution is -2.57. The Hall–Kier alpha value is -1.84. The van der Waals surface area contributed by atoms with Crippen LogP contribution in [0.2, 0.25) is 0 Å². The number of nitrogens with one attached hydrogen (secondary N) is 1. The van der Waals surface area contributed by atoms with Gasteiger partial charge in [-0.15, -0.1) is 0 Å². The number of hydrogen-bond donors (Lipinski definition) is 1. The van der Waals surface area contributed by atoms with Crippen LogP contribution < -0.4 is 5.32 Å². The highest BCUT2D eigenvalue weighted by Gasteiger charge is 2.42. The smallest absolute Gasteiger partial charge is 0.332 e. The maximum absolute atomic E-state index is 11.8. The van der Waals surface area contributed by atoms with E-state index in [-0.39, 0.29) is 5.91 Å². The van der Waals surface area contributed by atoms with Crippen molar-refractivity contribution in [3.63, 3.8) is 0 Å². The van der Waals surface area contributed by atoms with Gasteiger partial charge in [0.05, 0.1) is 0 Å². The van der Waals surface area contributed by atoms with E-state index in [1.165, 1.54) is 0 Å². The Morgan fingerprint density at radius 3 is 2.44 bits per heavy atom. The Kier molecular flexibility index (Phi) is 2.42. The predicted octanol–water partition coefficient (Wildman–Crippen LogP) is 1.18. The molecule has 4 nitrogen and oxygen atoms in total. The van der Waals surface area contributed by atoms with Gasteiger partial charge >= 0.3 is 5.97 Å². The summed E-state index contributed by atoms with van der Waals surface area (Å²) in [6, 6.07) is 8.97. The van der Waals surface area contributed by atoms with Gasteiger partial charge in [0.15, 0.2) is 0 Å². The molecule has 4 heteroatoms. The summed E-state index contributed by atoms with van der Waals surface area (Å²) in [7, 11) is 0. The Bertz CT molecular complexity index is 425. The molecule has 84 valence electrons.